The highest BCUT2D eigenvalue weighted by molar-refractivity contribution is 6.31. The summed E-state index contributed by atoms with van der Waals surface area (Å²) in [5, 5.41) is 3.89. The van der Waals surface area contributed by atoms with E-state index in [1.165, 1.54) is 0 Å². The van der Waals surface area contributed by atoms with E-state index in [4.69, 9.17) is 16.3 Å². The van der Waals surface area contributed by atoms with Crippen molar-refractivity contribution >= 4 is 17.5 Å². The van der Waals surface area contributed by atoms with Gasteiger partial charge < -0.3 is 15.0 Å². The summed E-state index contributed by atoms with van der Waals surface area (Å²) in [6, 6.07) is 5.39. The number of hydrogen-bond donors (Lipinski definition) is 1. The predicted molar refractivity (Wildman–Crippen MR) is 80.6 cm³/mol. The van der Waals surface area contributed by atoms with Gasteiger partial charge in [0.2, 0.25) is 0 Å². The summed E-state index contributed by atoms with van der Waals surface area (Å²) in [4.78, 5) is 14.7. The third kappa shape index (κ3) is 3.25. The normalized spacial score (nSPS) is 18.6. The molecule has 2 rings (SSSR count). The molecule has 1 aliphatic heterocycles. The Hall–Kier alpha value is -1.26. The Balaban J connectivity index is 2.25. The number of rotatable bonds is 4. The fraction of sp³-hybridized carbons (Fsp3) is 0.533. The van der Waals surface area contributed by atoms with E-state index in [-0.39, 0.29) is 11.9 Å². The van der Waals surface area contributed by atoms with Crippen LogP contribution in [-0.2, 0) is 0 Å². The monoisotopic (exact) mass is 296 g/mol. The highest BCUT2D eigenvalue weighted by atomic mass is 35.5. The van der Waals surface area contributed by atoms with Crippen LogP contribution in [0.4, 0.5) is 0 Å². The third-order valence-corrected chi connectivity index (χ3v) is 3.94. The number of likely N-dealkylation sites (N-methyl/N-ethyl adjacent to an activating group) is 1. The molecule has 20 heavy (non-hydrogen) atoms. The Morgan fingerprint density at radius 3 is 2.95 bits per heavy atom. The molecule has 110 valence electrons. The first-order valence-electron chi connectivity index (χ1n) is 7.02. The van der Waals surface area contributed by atoms with Gasteiger partial charge in [-0.15, -0.1) is 0 Å². The van der Waals surface area contributed by atoms with Crippen molar-refractivity contribution in [2.45, 2.75) is 25.8 Å². The standard InChI is InChI=1S/C15H21ClN2O2/c1-3-18(12-5-4-8-17-10-12)15(19)13-9-11(16)6-7-14(13)20-2/h6-7,9,12,17H,3-5,8,10H2,1-2H3. The van der Waals surface area contributed by atoms with Crippen molar-refractivity contribution in [3.8, 4) is 5.75 Å². The minimum absolute atomic E-state index is 0.0134. The molecule has 1 aromatic carbocycles. The summed E-state index contributed by atoms with van der Waals surface area (Å²) in [6.07, 6.45) is 2.14. The lowest BCUT2D eigenvalue weighted by Crippen LogP contribution is -2.48. The van der Waals surface area contributed by atoms with E-state index in [0.717, 1.165) is 25.9 Å². The van der Waals surface area contributed by atoms with E-state index in [1.54, 1.807) is 25.3 Å². The van der Waals surface area contributed by atoms with E-state index < -0.39 is 0 Å². The molecular formula is C15H21ClN2O2. The second-order valence-electron chi connectivity index (χ2n) is 4.94. The van der Waals surface area contributed by atoms with Gasteiger partial charge in [-0.25, -0.2) is 0 Å². The Kier molecular flexibility index (Phi) is 5.26. The SMILES string of the molecule is CCN(C(=O)c1cc(Cl)ccc1OC)C1CCCNC1. The van der Waals surface area contributed by atoms with E-state index in [9.17, 15) is 4.79 Å². The minimum Gasteiger partial charge on any atom is -0.496 e. The Morgan fingerprint density at radius 2 is 2.35 bits per heavy atom. The number of nitrogens with one attached hydrogen (secondary N) is 1. The molecule has 0 spiro atoms. The second kappa shape index (κ2) is 6.95. The maximum absolute atomic E-state index is 12.8. The zero-order chi connectivity index (χ0) is 14.5. The maximum atomic E-state index is 12.8. The van der Waals surface area contributed by atoms with Gasteiger partial charge in [0, 0.05) is 24.2 Å². The van der Waals surface area contributed by atoms with Crippen LogP contribution in [-0.4, -0.2) is 43.6 Å². The average Bonchev–Trinajstić information content (AvgIpc) is 2.49. The molecule has 1 amide bonds. The van der Waals surface area contributed by atoms with Gasteiger partial charge in [-0.3, -0.25) is 4.79 Å². The zero-order valence-electron chi connectivity index (χ0n) is 12.0. The highest BCUT2D eigenvalue weighted by Crippen LogP contribution is 2.25. The van der Waals surface area contributed by atoms with Crippen LogP contribution in [0.2, 0.25) is 5.02 Å². The molecule has 0 saturated carbocycles. The van der Waals surface area contributed by atoms with Crippen LogP contribution >= 0.6 is 11.6 Å². The number of halogens is 1. The molecule has 5 heteroatoms. The summed E-state index contributed by atoms with van der Waals surface area (Å²) in [6.45, 7) is 4.57. The highest BCUT2D eigenvalue weighted by Gasteiger charge is 2.26. The van der Waals surface area contributed by atoms with Gasteiger partial charge in [-0.2, -0.15) is 0 Å². The molecule has 1 saturated heterocycles. The first kappa shape index (κ1) is 15.1. The smallest absolute Gasteiger partial charge is 0.257 e. The average molecular weight is 297 g/mol. The van der Waals surface area contributed by atoms with Crippen LogP contribution in [0.15, 0.2) is 18.2 Å². The van der Waals surface area contributed by atoms with Crippen molar-refractivity contribution < 1.29 is 9.53 Å². The van der Waals surface area contributed by atoms with Crippen molar-refractivity contribution in [1.29, 1.82) is 0 Å². The van der Waals surface area contributed by atoms with E-state index in [1.807, 2.05) is 11.8 Å². The van der Waals surface area contributed by atoms with Crippen molar-refractivity contribution in [2.24, 2.45) is 0 Å². The quantitative estimate of drug-likeness (QED) is 0.928. The molecular weight excluding hydrogens is 276 g/mol. The van der Waals surface area contributed by atoms with Crippen LogP contribution in [0.25, 0.3) is 0 Å². The number of amides is 1. The largest absolute Gasteiger partial charge is 0.496 e. The summed E-state index contributed by atoms with van der Waals surface area (Å²) in [7, 11) is 1.57. The molecule has 1 atom stereocenters. The second-order valence-corrected chi connectivity index (χ2v) is 5.37. The molecule has 1 aromatic rings. The number of benzene rings is 1. The fourth-order valence-electron chi connectivity index (χ4n) is 2.67. The van der Waals surface area contributed by atoms with E-state index in [0.29, 0.717) is 22.9 Å². The van der Waals surface area contributed by atoms with Crippen LogP contribution in [0.1, 0.15) is 30.1 Å². The van der Waals surface area contributed by atoms with Crippen molar-refractivity contribution in [3.05, 3.63) is 28.8 Å². The zero-order valence-corrected chi connectivity index (χ0v) is 12.7. The number of nitrogens with zero attached hydrogens (tertiary/aromatic N) is 1. The Bertz CT molecular complexity index is 473. The molecule has 1 N–H and O–H groups in total. The van der Waals surface area contributed by atoms with E-state index >= 15 is 0 Å². The fourth-order valence-corrected chi connectivity index (χ4v) is 2.84. The number of ether oxygens (including phenoxy) is 1. The number of hydrogen-bond acceptors (Lipinski definition) is 3. The summed E-state index contributed by atoms with van der Waals surface area (Å²) < 4.78 is 5.28. The molecule has 0 bridgehead atoms. The Morgan fingerprint density at radius 1 is 1.55 bits per heavy atom. The molecule has 0 aromatic heterocycles. The van der Waals surface area contributed by atoms with Gasteiger partial charge in [0.05, 0.1) is 12.7 Å². The molecule has 1 aliphatic rings. The topological polar surface area (TPSA) is 41.6 Å². The summed E-state index contributed by atoms with van der Waals surface area (Å²) in [5.41, 5.74) is 0.535. The van der Waals surface area contributed by atoms with Gasteiger partial charge >= 0.3 is 0 Å². The third-order valence-electron chi connectivity index (χ3n) is 3.71. The van der Waals surface area contributed by atoms with Crippen molar-refractivity contribution in [2.75, 3.05) is 26.7 Å². The van der Waals surface area contributed by atoms with Crippen LogP contribution in [0.5, 0.6) is 5.75 Å². The van der Waals surface area contributed by atoms with Crippen LogP contribution in [0.3, 0.4) is 0 Å². The van der Waals surface area contributed by atoms with Crippen molar-refractivity contribution in [3.63, 3.8) is 0 Å². The summed E-state index contributed by atoms with van der Waals surface area (Å²) in [5.74, 6) is 0.558. The van der Waals surface area contributed by atoms with Gasteiger partial charge in [-0.05, 0) is 44.5 Å². The number of piperidine rings is 1. The summed E-state index contributed by atoms with van der Waals surface area (Å²) >= 11 is 6.01. The van der Waals surface area contributed by atoms with Crippen molar-refractivity contribution in [1.82, 2.24) is 10.2 Å². The van der Waals surface area contributed by atoms with Gasteiger partial charge in [0.15, 0.2) is 0 Å². The van der Waals surface area contributed by atoms with Gasteiger partial charge in [0.25, 0.3) is 5.91 Å². The number of carbonyl (C=O) groups excluding carboxylic acids is 1. The first-order valence-corrected chi connectivity index (χ1v) is 7.40. The van der Waals surface area contributed by atoms with Crippen LogP contribution < -0.4 is 10.1 Å². The van der Waals surface area contributed by atoms with E-state index in [2.05, 4.69) is 5.32 Å². The minimum atomic E-state index is -0.0134. The predicted octanol–water partition coefficient (Wildman–Crippen LogP) is 2.56. The maximum Gasteiger partial charge on any atom is 0.257 e. The molecule has 4 nitrogen and oxygen atoms in total. The Labute approximate surface area is 125 Å². The number of carbonyl (C=O) groups is 1. The number of methoxy groups -OCH3 is 1. The molecule has 1 unspecified atom stereocenters. The molecule has 1 heterocycles. The lowest BCUT2D eigenvalue weighted by molar-refractivity contribution is 0.0659. The lowest BCUT2D eigenvalue weighted by Gasteiger charge is -2.34. The lowest BCUT2D eigenvalue weighted by atomic mass is 10.0. The van der Waals surface area contributed by atoms with Crippen LogP contribution in [0, 0.1) is 0 Å². The molecule has 0 aliphatic carbocycles. The molecule has 0 radical (unpaired) electrons. The molecule has 1 fully saturated rings. The first-order chi connectivity index (χ1) is 9.67. The van der Waals surface area contributed by atoms with Gasteiger partial charge in [-0.1, -0.05) is 11.6 Å². The van der Waals surface area contributed by atoms with Gasteiger partial charge in [0.1, 0.15) is 5.75 Å².